The molecule has 0 heterocycles. The molecule has 0 nitrogen and oxygen atoms in total. The topological polar surface area (TPSA) is 0 Å². The second-order valence-electron chi connectivity index (χ2n) is 2.00. The molecule has 0 aromatic carbocycles. The standard InChI is InChI=1S/C4H3ClF4/c5-2-1-3(6,7)4(2,8)9/h2H,1H2/t2-/m0/s1. The quantitative estimate of drug-likeness (QED) is 0.379. The zero-order valence-electron chi connectivity index (χ0n) is 4.17. The van der Waals surface area contributed by atoms with Crippen molar-refractivity contribution >= 4 is 11.6 Å². The van der Waals surface area contributed by atoms with Crippen LogP contribution in [0.4, 0.5) is 17.6 Å². The van der Waals surface area contributed by atoms with E-state index in [4.69, 9.17) is 11.6 Å². The molecule has 1 aliphatic carbocycles. The van der Waals surface area contributed by atoms with Crippen molar-refractivity contribution in [2.24, 2.45) is 0 Å². The van der Waals surface area contributed by atoms with Gasteiger partial charge in [0.1, 0.15) is 5.38 Å². The highest BCUT2D eigenvalue weighted by Crippen LogP contribution is 2.53. The molecule has 1 saturated carbocycles. The Kier molecular flexibility index (Phi) is 1.22. The average molecular weight is 163 g/mol. The van der Waals surface area contributed by atoms with Crippen LogP contribution in [0.15, 0.2) is 0 Å². The lowest BCUT2D eigenvalue weighted by Crippen LogP contribution is -2.59. The molecule has 0 unspecified atom stereocenters. The Bertz CT molecular complexity index is 133. The summed E-state index contributed by atoms with van der Waals surface area (Å²) >= 11 is 4.80. The van der Waals surface area contributed by atoms with Crippen LogP contribution < -0.4 is 0 Å². The van der Waals surface area contributed by atoms with Gasteiger partial charge in [0.2, 0.25) is 0 Å². The first-order chi connectivity index (χ1) is 3.88. The molecule has 54 valence electrons. The van der Waals surface area contributed by atoms with Gasteiger partial charge in [-0.3, -0.25) is 0 Å². The minimum atomic E-state index is -3.99. The van der Waals surface area contributed by atoms with Crippen molar-refractivity contribution in [3.8, 4) is 0 Å². The van der Waals surface area contributed by atoms with E-state index < -0.39 is 23.6 Å². The molecule has 0 amide bonds. The normalized spacial score (nSPS) is 37.7. The van der Waals surface area contributed by atoms with E-state index in [0.29, 0.717) is 0 Å². The zero-order chi connectivity index (χ0) is 7.28. The molecule has 1 atom stereocenters. The van der Waals surface area contributed by atoms with Gasteiger partial charge >= 0.3 is 11.8 Å². The predicted octanol–water partition coefficient (Wildman–Crippen LogP) is 2.27. The highest BCUT2D eigenvalue weighted by Gasteiger charge is 2.71. The summed E-state index contributed by atoms with van der Waals surface area (Å²) in [5.41, 5.74) is 0. The maximum atomic E-state index is 11.8. The van der Waals surface area contributed by atoms with Crippen LogP contribution in [-0.2, 0) is 0 Å². The first kappa shape index (κ1) is 7.12. The Hall–Kier alpha value is 0.01000. The van der Waals surface area contributed by atoms with Crippen LogP contribution in [-0.4, -0.2) is 17.2 Å². The molecule has 0 bridgehead atoms. The molecule has 5 heteroatoms. The van der Waals surface area contributed by atoms with Crippen LogP contribution in [0.3, 0.4) is 0 Å². The summed E-state index contributed by atoms with van der Waals surface area (Å²) in [6.45, 7) is 0. The molecule has 0 saturated heterocycles. The summed E-state index contributed by atoms with van der Waals surface area (Å²) in [7, 11) is 0. The van der Waals surface area contributed by atoms with Gasteiger partial charge in [0.25, 0.3) is 0 Å². The van der Waals surface area contributed by atoms with E-state index in [2.05, 4.69) is 0 Å². The Morgan fingerprint density at radius 1 is 1.22 bits per heavy atom. The van der Waals surface area contributed by atoms with Crippen LogP contribution >= 0.6 is 11.6 Å². The second-order valence-corrected chi connectivity index (χ2v) is 2.53. The molecule has 0 spiro atoms. The van der Waals surface area contributed by atoms with Crippen LogP contribution in [0, 0.1) is 0 Å². The third-order valence-corrected chi connectivity index (χ3v) is 1.75. The van der Waals surface area contributed by atoms with Crippen molar-refractivity contribution in [3.05, 3.63) is 0 Å². The molecule has 1 fully saturated rings. The van der Waals surface area contributed by atoms with E-state index in [9.17, 15) is 17.6 Å². The Morgan fingerprint density at radius 3 is 1.67 bits per heavy atom. The molecular formula is C4H3ClF4. The van der Waals surface area contributed by atoms with E-state index in [1.807, 2.05) is 0 Å². The Morgan fingerprint density at radius 2 is 1.67 bits per heavy atom. The van der Waals surface area contributed by atoms with Crippen LogP contribution in [0.25, 0.3) is 0 Å². The summed E-state index contributed by atoms with van der Waals surface area (Å²) in [5, 5.41) is -1.69. The molecule has 0 radical (unpaired) electrons. The van der Waals surface area contributed by atoms with Gasteiger partial charge in [-0.1, -0.05) is 0 Å². The minimum Gasteiger partial charge on any atom is -0.200 e. The van der Waals surface area contributed by atoms with E-state index in [0.717, 1.165) is 0 Å². The van der Waals surface area contributed by atoms with Crippen molar-refractivity contribution in [1.82, 2.24) is 0 Å². The monoisotopic (exact) mass is 162 g/mol. The number of hydrogen-bond acceptors (Lipinski definition) is 0. The lowest BCUT2D eigenvalue weighted by atomic mass is 9.89. The molecule has 1 rings (SSSR count). The van der Waals surface area contributed by atoms with E-state index >= 15 is 0 Å². The van der Waals surface area contributed by atoms with E-state index in [-0.39, 0.29) is 0 Å². The molecule has 0 aromatic heterocycles. The van der Waals surface area contributed by atoms with Crippen LogP contribution in [0.5, 0.6) is 0 Å². The maximum absolute atomic E-state index is 11.8. The van der Waals surface area contributed by atoms with Gasteiger partial charge in [0, 0.05) is 6.42 Å². The number of rotatable bonds is 0. The molecular weight excluding hydrogens is 159 g/mol. The fourth-order valence-electron chi connectivity index (χ4n) is 0.587. The predicted molar refractivity (Wildman–Crippen MR) is 24.2 cm³/mol. The molecule has 9 heavy (non-hydrogen) atoms. The van der Waals surface area contributed by atoms with Crippen LogP contribution in [0.1, 0.15) is 6.42 Å². The highest BCUT2D eigenvalue weighted by atomic mass is 35.5. The summed E-state index contributed by atoms with van der Waals surface area (Å²) < 4.78 is 47.1. The number of hydrogen-bond donors (Lipinski definition) is 0. The fourth-order valence-corrected chi connectivity index (χ4v) is 0.941. The van der Waals surface area contributed by atoms with Gasteiger partial charge in [-0.25, -0.2) is 0 Å². The fraction of sp³-hybridized carbons (Fsp3) is 1.00. The second kappa shape index (κ2) is 1.54. The van der Waals surface area contributed by atoms with Crippen molar-refractivity contribution in [3.63, 3.8) is 0 Å². The van der Waals surface area contributed by atoms with Crippen molar-refractivity contribution in [2.45, 2.75) is 23.6 Å². The summed E-state index contributed by atoms with van der Waals surface area (Å²) in [6, 6.07) is 0. The van der Waals surface area contributed by atoms with Crippen molar-refractivity contribution in [1.29, 1.82) is 0 Å². The van der Waals surface area contributed by atoms with Gasteiger partial charge in [0.05, 0.1) is 0 Å². The molecule has 0 aliphatic heterocycles. The average Bonchev–Trinajstić information content (AvgIpc) is 1.65. The lowest BCUT2D eigenvalue weighted by molar-refractivity contribution is -0.271. The summed E-state index contributed by atoms with van der Waals surface area (Å²) in [6.07, 6.45) is -0.915. The summed E-state index contributed by atoms with van der Waals surface area (Å²) in [4.78, 5) is 0. The zero-order valence-corrected chi connectivity index (χ0v) is 4.93. The third-order valence-electron chi connectivity index (χ3n) is 1.32. The summed E-state index contributed by atoms with van der Waals surface area (Å²) in [5.74, 6) is -7.87. The first-order valence-corrected chi connectivity index (χ1v) is 2.71. The first-order valence-electron chi connectivity index (χ1n) is 2.27. The smallest absolute Gasteiger partial charge is 0.200 e. The van der Waals surface area contributed by atoms with E-state index in [1.165, 1.54) is 0 Å². The lowest BCUT2D eigenvalue weighted by Gasteiger charge is -2.40. The molecule has 1 aliphatic rings. The Labute approximate surface area is 53.8 Å². The van der Waals surface area contributed by atoms with Crippen molar-refractivity contribution < 1.29 is 17.6 Å². The highest BCUT2D eigenvalue weighted by molar-refractivity contribution is 6.22. The molecule has 0 aromatic rings. The van der Waals surface area contributed by atoms with Gasteiger partial charge in [-0.2, -0.15) is 17.6 Å². The largest absolute Gasteiger partial charge is 0.326 e. The van der Waals surface area contributed by atoms with Crippen molar-refractivity contribution in [2.75, 3.05) is 0 Å². The SMILES string of the molecule is FC1(F)C[C@H](Cl)C1(F)F. The van der Waals surface area contributed by atoms with Gasteiger partial charge < -0.3 is 0 Å². The number of alkyl halides is 5. The van der Waals surface area contributed by atoms with E-state index in [1.54, 1.807) is 0 Å². The van der Waals surface area contributed by atoms with Gasteiger partial charge in [0.15, 0.2) is 0 Å². The Balaban J connectivity index is 2.70. The number of halogens is 5. The minimum absolute atomic E-state index is 0.915. The van der Waals surface area contributed by atoms with Gasteiger partial charge in [-0.05, 0) is 0 Å². The third kappa shape index (κ3) is 0.723. The molecule has 0 N–H and O–H groups in total. The van der Waals surface area contributed by atoms with Crippen LogP contribution in [0.2, 0.25) is 0 Å². The van der Waals surface area contributed by atoms with Gasteiger partial charge in [-0.15, -0.1) is 11.6 Å². The maximum Gasteiger partial charge on any atom is 0.326 e.